The van der Waals surface area contributed by atoms with E-state index in [1.54, 1.807) is 0 Å². The van der Waals surface area contributed by atoms with Crippen LogP contribution >= 0.6 is 0 Å². The molecule has 1 saturated heterocycles. The molecule has 166 valence electrons. The number of amides is 1. The van der Waals surface area contributed by atoms with Gasteiger partial charge in [-0.25, -0.2) is 0 Å². The lowest BCUT2D eigenvalue weighted by Gasteiger charge is -2.27. The minimum Gasteiger partial charge on any atom is -0.486 e. The number of nitrogens with zero attached hydrogens (tertiary/aromatic N) is 1. The van der Waals surface area contributed by atoms with Crippen molar-refractivity contribution in [1.82, 2.24) is 4.90 Å². The fraction of sp³-hybridized carbons (Fsp3) is 0.500. The first-order valence-corrected chi connectivity index (χ1v) is 11.5. The van der Waals surface area contributed by atoms with Crippen molar-refractivity contribution in [2.24, 2.45) is 0 Å². The van der Waals surface area contributed by atoms with Crippen molar-refractivity contribution >= 4 is 11.6 Å². The van der Waals surface area contributed by atoms with E-state index in [0.717, 1.165) is 36.6 Å². The molecule has 4 rings (SSSR count). The smallest absolute Gasteiger partial charge is 0.238 e. The van der Waals surface area contributed by atoms with Crippen molar-refractivity contribution in [3.05, 3.63) is 53.1 Å². The van der Waals surface area contributed by atoms with Gasteiger partial charge in [-0.2, -0.15) is 0 Å². The van der Waals surface area contributed by atoms with E-state index in [1.807, 2.05) is 6.07 Å². The Hall–Kier alpha value is -2.53. The number of hydrogen-bond acceptors (Lipinski definition) is 4. The number of fused-ring (bicyclic) bond motifs is 1. The lowest BCUT2D eigenvalue weighted by Crippen LogP contribution is -2.33. The van der Waals surface area contributed by atoms with Gasteiger partial charge in [-0.1, -0.05) is 52.0 Å². The molecule has 2 aliphatic rings. The van der Waals surface area contributed by atoms with Crippen LogP contribution in [0, 0.1) is 0 Å². The third-order valence-electron chi connectivity index (χ3n) is 6.30. The second-order valence-electron chi connectivity index (χ2n) is 9.20. The number of benzene rings is 2. The van der Waals surface area contributed by atoms with Gasteiger partial charge in [-0.15, -0.1) is 0 Å². The fourth-order valence-electron chi connectivity index (χ4n) is 4.72. The van der Waals surface area contributed by atoms with Crippen molar-refractivity contribution < 1.29 is 14.3 Å². The summed E-state index contributed by atoms with van der Waals surface area (Å²) in [6.45, 7) is 11.2. The Morgan fingerprint density at radius 1 is 1.03 bits per heavy atom. The summed E-state index contributed by atoms with van der Waals surface area (Å²) in [5.74, 6) is 2.38. The minimum atomic E-state index is 0.0550. The predicted molar refractivity (Wildman–Crippen MR) is 124 cm³/mol. The van der Waals surface area contributed by atoms with E-state index >= 15 is 0 Å². The van der Waals surface area contributed by atoms with Gasteiger partial charge in [0.05, 0.1) is 6.54 Å². The summed E-state index contributed by atoms with van der Waals surface area (Å²) in [6.07, 6.45) is 2.14. The lowest BCUT2D eigenvalue weighted by atomic mass is 9.92. The Balaban J connectivity index is 1.50. The van der Waals surface area contributed by atoms with E-state index in [9.17, 15) is 4.79 Å². The maximum Gasteiger partial charge on any atom is 0.238 e. The summed E-state index contributed by atoms with van der Waals surface area (Å²) in [7, 11) is 0. The number of para-hydroxylation sites is 1. The Morgan fingerprint density at radius 2 is 1.71 bits per heavy atom. The van der Waals surface area contributed by atoms with E-state index in [1.165, 1.54) is 16.7 Å². The lowest BCUT2D eigenvalue weighted by molar-refractivity contribution is -0.117. The summed E-state index contributed by atoms with van der Waals surface area (Å²) < 4.78 is 11.4. The second kappa shape index (κ2) is 9.31. The number of rotatable bonds is 6. The van der Waals surface area contributed by atoms with Crippen LogP contribution in [0.3, 0.4) is 0 Å². The third kappa shape index (κ3) is 4.72. The molecule has 0 bridgehead atoms. The zero-order valence-corrected chi connectivity index (χ0v) is 19.1. The highest BCUT2D eigenvalue weighted by atomic mass is 16.6. The van der Waals surface area contributed by atoms with E-state index in [2.05, 4.69) is 68.2 Å². The van der Waals surface area contributed by atoms with Crippen molar-refractivity contribution in [1.29, 1.82) is 0 Å². The Bertz CT molecular complexity index is 912. The van der Waals surface area contributed by atoms with Crippen LogP contribution in [0.2, 0.25) is 0 Å². The molecule has 5 heteroatoms. The van der Waals surface area contributed by atoms with Crippen molar-refractivity contribution in [3.8, 4) is 11.5 Å². The highest BCUT2D eigenvalue weighted by Crippen LogP contribution is 2.38. The van der Waals surface area contributed by atoms with Crippen LogP contribution in [-0.2, 0) is 4.79 Å². The third-order valence-corrected chi connectivity index (χ3v) is 6.30. The SMILES string of the molecule is CC(C)c1cccc(C(C)C)c1NC(=O)CN1CCC[C@H]1c1ccc2c(c1)OCCO2. The molecule has 1 atom stereocenters. The molecule has 1 amide bonds. The standard InChI is InChI=1S/C26H34N2O3/c1-17(2)20-7-5-8-21(18(3)4)26(20)27-25(29)16-28-12-6-9-22(28)19-10-11-23-24(15-19)31-14-13-30-23/h5,7-8,10-11,15,17-18,22H,6,9,12-14,16H2,1-4H3,(H,27,29)/t22-/m0/s1. The van der Waals surface area contributed by atoms with Crippen LogP contribution in [0.5, 0.6) is 11.5 Å². The van der Waals surface area contributed by atoms with Crippen molar-refractivity contribution in [2.45, 2.75) is 58.4 Å². The number of anilines is 1. The van der Waals surface area contributed by atoms with Gasteiger partial charge in [0, 0.05) is 11.7 Å². The minimum absolute atomic E-state index is 0.0550. The summed E-state index contributed by atoms with van der Waals surface area (Å²) in [5, 5.41) is 3.27. The van der Waals surface area contributed by atoms with Gasteiger partial charge >= 0.3 is 0 Å². The van der Waals surface area contributed by atoms with Gasteiger partial charge in [-0.3, -0.25) is 9.69 Å². The molecule has 1 fully saturated rings. The highest BCUT2D eigenvalue weighted by Gasteiger charge is 2.29. The van der Waals surface area contributed by atoms with Gasteiger partial charge in [0.1, 0.15) is 13.2 Å². The first kappa shape index (κ1) is 21.7. The topological polar surface area (TPSA) is 50.8 Å². The summed E-state index contributed by atoms with van der Waals surface area (Å²) in [5.41, 5.74) is 4.58. The highest BCUT2D eigenvalue weighted by molar-refractivity contribution is 5.94. The molecule has 0 radical (unpaired) electrons. The number of carbonyl (C=O) groups excluding carboxylic acids is 1. The van der Waals surface area contributed by atoms with Gasteiger partial charge in [0.15, 0.2) is 11.5 Å². The molecular formula is C26H34N2O3. The van der Waals surface area contributed by atoms with E-state index in [-0.39, 0.29) is 11.9 Å². The predicted octanol–water partition coefficient (Wildman–Crippen LogP) is 5.48. The average molecular weight is 423 g/mol. The quantitative estimate of drug-likeness (QED) is 0.670. The van der Waals surface area contributed by atoms with E-state index < -0.39 is 0 Å². The maximum atomic E-state index is 13.1. The Kier molecular flexibility index (Phi) is 6.51. The molecule has 2 heterocycles. The van der Waals surface area contributed by atoms with E-state index in [0.29, 0.717) is 31.6 Å². The zero-order chi connectivity index (χ0) is 22.0. The van der Waals surface area contributed by atoms with Gasteiger partial charge in [0.2, 0.25) is 5.91 Å². The Labute approximate surface area is 185 Å². The molecule has 1 N–H and O–H groups in total. The van der Waals surface area contributed by atoms with Crippen LogP contribution in [0.4, 0.5) is 5.69 Å². The van der Waals surface area contributed by atoms with Crippen LogP contribution in [0.1, 0.15) is 75.1 Å². The van der Waals surface area contributed by atoms with Gasteiger partial charge in [-0.05, 0) is 60.0 Å². The largest absolute Gasteiger partial charge is 0.486 e. The second-order valence-corrected chi connectivity index (χ2v) is 9.20. The molecule has 5 nitrogen and oxygen atoms in total. The van der Waals surface area contributed by atoms with Gasteiger partial charge < -0.3 is 14.8 Å². The average Bonchev–Trinajstić information content (AvgIpc) is 3.21. The molecule has 2 aromatic carbocycles. The molecule has 2 aliphatic heterocycles. The number of hydrogen-bond donors (Lipinski definition) is 1. The van der Waals surface area contributed by atoms with Crippen LogP contribution in [-0.4, -0.2) is 37.1 Å². The van der Waals surface area contributed by atoms with Crippen LogP contribution in [0.25, 0.3) is 0 Å². The molecule has 0 aliphatic carbocycles. The Morgan fingerprint density at radius 3 is 2.39 bits per heavy atom. The summed E-state index contributed by atoms with van der Waals surface area (Å²) in [4.78, 5) is 15.4. The number of likely N-dealkylation sites (tertiary alicyclic amines) is 1. The summed E-state index contributed by atoms with van der Waals surface area (Å²) >= 11 is 0. The van der Waals surface area contributed by atoms with Crippen LogP contribution < -0.4 is 14.8 Å². The first-order valence-electron chi connectivity index (χ1n) is 11.5. The molecule has 0 spiro atoms. The number of ether oxygens (including phenoxy) is 2. The number of nitrogens with one attached hydrogen (secondary N) is 1. The molecule has 0 aromatic heterocycles. The van der Waals surface area contributed by atoms with Crippen molar-refractivity contribution in [2.75, 3.05) is 31.6 Å². The molecule has 2 aromatic rings. The maximum absolute atomic E-state index is 13.1. The molecule has 31 heavy (non-hydrogen) atoms. The molecule has 0 unspecified atom stereocenters. The molecule has 0 saturated carbocycles. The normalized spacial score (nSPS) is 18.6. The first-order chi connectivity index (χ1) is 14.9. The fourth-order valence-corrected chi connectivity index (χ4v) is 4.72. The van der Waals surface area contributed by atoms with Crippen molar-refractivity contribution in [3.63, 3.8) is 0 Å². The van der Waals surface area contributed by atoms with Crippen LogP contribution in [0.15, 0.2) is 36.4 Å². The molecular weight excluding hydrogens is 388 g/mol. The number of carbonyl (C=O) groups is 1. The zero-order valence-electron chi connectivity index (χ0n) is 19.1. The summed E-state index contributed by atoms with van der Waals surface area (Å²) in [6, 6.07) is 12.8. The van der Waals surface area contributed by atoms with Gasteiger partial charge in [0.25, 0.3) is 0 Å². The monoisotopic (exact) mass is 422 g/mol. The van der Waals surface area contributed by atoms with E-state index in [4.69, 9.17) is 9.47 Å².